The Morgan fingerprint density at radius 3 is 2.81 bits per heavy atom. The fourth-order valence-corrected chi connectivity index (χ4v) is 2.40. The maximum absolute atomic E-state index is 12.4. The number of fused-ring (bicyclic) bond motifs is 1. The molecule has 0 spiro atoms. The van der Waals surface area contributed by atoms with E-state index in [2.05, 4.69) is 5.32 Å². The summed E-state index contributed by atoms with van der Waals surface area (Å²) in [7, 11) is 0. The second-order valence-electron chi connectivity index (χ2n) is 4.98. The van der Waals surface area contributed by atoms with Crippen molar-refractivity contribution in [2.75, 3.05) is 13.3 Å². The third-order valence-corrected chi connectivity index (χ3v) is 3.54. The number of hydrogen-bond donors (Lipinski definition) is 2. The van der Waals surface area contributed by atoms with Gasteiger partial charge in [-0.25, -0.2) is 4.79 Å². The highest BCUT2D eigenvalue weighted by molar-refractivity contribution is 6.09. The lowest BCUT2D eigenvalue weighted by molar-refractivity contribution is -0.134. The summed E-state index contributed by atoms with van der Waals surface area (Å²) >= 11 is 0. The fourth-order valence-electron chi connectivity index (χ4n) is 2.40. The van der Waals surface area contributed by atoms with Crippen LogP contribution in [0.25, 0.3) is 0 Å². The summed E-state index contributed by atoms with van der Waals surface area (Å²) < 4.78 is 10.5. The van der Waals surface area contributed by atoms with Gasteiger partial charge in [0.1, 0.15) is 12.1 Å². The topological polar surface area (TPSA) is 111 Å². The molecule has 1 atom stereocenters. The Morgan fingerprint density at radius 1 is 1.38 bits per heavy atom. The lowest BCUT2D eigenvalue weighted by Crippen LogP contribution is -2.42. The number of imide groups is 1. The number of ether oxygens (including phenoxy) is 2. The molecule has 21 heavy (non-hydrogen) atoms. The molecule has 3 rings (SSSR count). The van der Waals surface area contributed by atoms with Gasteiger partial charge in [0.2, 0.25) is 12.7 Å². The number of carbonyl (C=O) groups is 3. The Labute approximate surface area is 119 Å². The van der Waals surface area contributed by atoms with Crippen LogP contribution >= 0.6 is 0 Å². The molecule has 0 saturated carbocycles. The molecular formula is C13H13N3O5. The summed E-state index contributed by atoms with van der Waals surface area (Å²) in [5.41, 5.74) is 4.32. The molecule has 8 heteroatoms. The van der Waals surface area contributed by atoms with Crippen LogP contribution in [0.1, 0.15) is 12.5 Å². The van der Waals surface area contributed by atoms with Crippen molar-refractivity contribution in [2.24, 2.45) is 5.73 Å². The first kappa shape index (κ1) is 13.2. The lowest BCUT2D eigenvalue weighted by atomic mass is 9.91. The Morgan fingerprint density at radius 2 is 2.10 bits per heavy atom. The zero-order valence-corrected chi connectivity index (χ0v) is 11.2. The van der Waals surface area contributed by atoms with Gasteiger partial charge in [0.25, 0.3) is 5.91 Å². The second-order valence-corrected chi connectivity index (χ2v) is 4.98. The minimum atomic E-state index is -1.27. The van der Waals surface area contributed by atoms with Crippen LogP contribution in [0.3, 0.4) is 0 Å². The molecule has 0 aliphatic carbocycles. The molecule has 0 radical (unpaired) electrons. The zero-order valence-electron chi connectivity index (χ0n) is 11.2. The molecule has 3 N–H and O–H groups in total. The van der Waals surface area contributed by atoms with E-state index in [1.54, 1.807) is 25.1 Å². The Kier molecular flexibility index (Phi) is 2.75. The van der Waals surface area contributed by atoms with E-state index >= 15 is 0 Å². The highest BCUT2D eigenvalue weighted by Crippen LogP contribution is 2.37. The average Bonchev–Trinajstić information content (AvgIpc) is 2.97. The molecule has 0 aromatic heterocycles. The quantitative estimate of drug-likeness (QED) is 0.741. The number of amides is 4. The second kappa shape index (κ2) is 4.37. The maximum Gasteiger partial charge on any atom is 0.325 e. The molecule has 1 aromatic rings. The monoisotopic (exact) mass is 291 g/mol. The van der Waals surface area contributed by atoms with Crippen molar-refractivity contribution in [3.8, 4) is 11.5 Å². The van der Waals surface area contributed by atoms with Crippen molar-refractivity contribution in [2.45, 2.75) is 12.5 Å². The summed E-state index contributed by atoms with van der Waals surface area (Å²) in [6, 6.07) is 4.31. The van der Waals surface area contributed by atoms with Gasteiger partial charge < -0.3 is 20.5 Å². The summed E-state index contributed by atoms with van der Waals surface area (Å²) in [5.74, 6) is -0.212. The van der Waals surface area contributed by atoms with E-state index in [0.717, 1.165) is 4.90 Å². The van der Waals surface area contributed by atoms with E-state index in [1.807, 2.05) is 0 Å². The Hall–Kier alpha value is -2.77. The number of nitrogens with one attached hydrogen (secondary N) is 1. The van der Waals surface area contributed by atoms with Crippen molar-refractivity contribution in [3.63, 3.8) is 0 Å². The Bertz CT molecular complexity index is 659. The van der Waals surface area contributed by atoms with Gasteiger partial charge in [-0.2, -0.15) is 0 Å². The van der Waals surface area contributed by atoms with Crippen LogP contribution < -0.4 is 20.5 Å². The predicted molar refractivity (Wildman–Crippen MR) is 69.4 cm³/mol. The Balaban J connectivity index is 1.96. The van der Waals surface area contributed by atoms with Crippen LogP contribution in [0.5, 0.6) is 11.5 Å². The standard InChI is InChI=1S/C13H13N3O5/c1-13(7-2-3-8-9(4-7)21-6-20-8)11(18)16(5-10(14)17)12(19)15-13/h2-4H,5-6H2,1H3,(H2,14,17)(H,15,19)/t13-/m0/s1. The predicted octanol–water partition coefficient (Wildman–Crippen LogP) is -0.332. The van der Waals surface area contributed by atoms with Crippen molar-refractivity contribution >= 4 is 17.8 Å². The first-order valence-electron chi connectivity index (χ1n) is 6.24. The lowest BCUT2D eigenvalue weighted by Gasteiger charge is -2.22. The highest BCUT2D eigenvalue weighted by Gasteiger charge is 2.49. The molecule has 0 bridgehead atoms. The van der Waals surface area contributed by atoms with Gasteiger partial charge in [-0.3, -0.25) is 14.5 Å². The highest BCUT2D eigenvalue weighted by atomic mass is 16.7. The summed E-state index contributed by atoms with van der Waals surface area (Å²) in [6.07, 6.45) is 0. The first-order valence-corrected chi connectivity index (χ1v) is 6.24. The number of primary amides is 1. The normalized spacial score (nSPS) is 23.4. The minimum Gasteiger partial charge on any atom is -0.454 e. The fraction of sp³-hybridized carbons (Fsp3) is 0.308. The van der Waals surface area contributed by atoms with Crippen molar-refractivity contribution in [1.82, 2.24) is 10.2 Å². The number of carbonyl (C=O) groups excluding carboxylic acids is 3. The van der Waals surface area contributed by atoms with E-state index in [1.165, 1.54) is 0 Å². The van der Waals surface area contributed by atoms with Gasteiger partial charge in [-0.1, -0.05) is 6.07 Å². The van der Waals surface area contributed by atoms with E-state index in [4.69, 9.17) is 15.2 Å². The van der Waals surface area contributed by atoms with Crippen LogP contribution in [0.2, 0.25) is 0 Å². The SMILES string of the molecule is C[C@@]1(c2ccc3c(c2)OCO3)NC(=O)N(CC(N)=O)C1=O. The van der Waals surface area contributed by atoms with Crippen LogP contribution in [-0.2, 0) is 15.1 Å². The number of nitrogens with zero attached hydrogens (tertiary/aromatic N) is 1. The summed E-state index contributed by atoms with van der Waals surface area (Å²) in [5, 5.41) is 2.58. The van der Waals surface area contributed by atoms with Gasteiger partial charge in [0.05, 0.1) is 0 Å². The van der Waals surface area contributed by atoms with Crippen LogP contribution in [0.15, 0.2) is 18.2 Å². The zero-order chi connectivity index (χ0) is 15.2. The smallest absolute Gasteiger partial charge is 0.325 e. The maximum atomic E-state index is 12.4. The van der Waals surface area contributed by atoms with E-state index < -0.39 is 29.9 Å². The molecule has 0 unspecified atom stereocenters. The first-order chi connectivity index (χ1) is 9.91. The molecule has 2 aliphatic rings. The molecule has 1 fully saturated rings. The van der Waals surface area contributed by atoms with Crippen LogP contribution in [-0.4, -0.2) is 36.1 Å². The van der Waals surface area contributed by atoms with Gasteiger partial charge in [-0.15, -0.1) is 0 Å². The molecular weight excluding hydrogens is 278 g/mol. The molecule has 8 nitrogen and oxygen atoms in total. The number of rotatable bonds is 3. The van der Waals surface area contributed by atoms with Gasteiger partial charge in [0, 0.05) is 0 Å². The molecule has 1 aromatic carbocycles. The minimum absolute atomic E-state index is 0.115. The molecule has 2 heterocycles. The number of nitrogens with two attached hydrogens (primary N) is 1. The van der Waals surface area contributed by atoms with Crippen LogP contribution in [0.4, 0.5) is 4.79 Å². The van der Waals surface area contributed by atoms with Crippen molar-refractivity contribution in [3.05, 3.63) is 23.8 Å². The van der Waals surface area contributed by atoms with Crippen LogP contribution in [0, 0.1) is 0 Å². The molecule has 2 aliphatic heterocycles. The van der Waals surface area contributed by atoms with Gasteiger partial charge in [0.15, 0.2) is 11.5 Å². The van der Waals surface area contributed by atoms with E-state index in [0.29, 0.717) is 17.1 Å². The largest absolute Gasteiger partial charge is 0.454 e. The van der Waals surface area contributed by atoms with Gasteiger partial charge >= 0.3 is 6.03 Å². The van der Waals surface area contributed by atoms with Crippen molar-refractivity contribution < 1.29 is 23.9 Å². The third-order valence-electron chi connectivity index (χ3n) is 3.54. The van der Waals surface area contributed by atoms with Crippen molar-refractivity contribution in [1.29, 1.82) is 0 Å². The molecule has 4 amide bonds. The van der Waals surface area contributed by atoms with E-state index in [-0.39, 0.29) is 6.79 Å². The average molecular weight is 291 g/mol. The summed E-state index contributed by atoms with van der Waals surface area (Å²) in [4.78, 5) is 36.1. The number of urea groups is 1. The third kappa shape index (κ3) is 1.95. The number of hydrogen-bond acceptors (Lipinski definition) is 5. The van der Waals surface area contributed by atoms with E-state index in [9.17, 15) is 14.4 Å². The molecule has 110 valence electrons. The summed E-state index contributed by atoms with van der Waals surface area (Å²) in [6.45, 7) is 1.22. The molecule has 1 saturated heterocycles. The number of benzene rings is 1. The van der Waals surface area contributed by atoms with Gasteiger partial charge in [-0.05, 0) is 24.6 Å².